The highest BCUT2D eigenvalue weighted by atomic mass is 35.5. The van der Waals surface area contributed by atoms with Crippen LogP contribution < -0.4 is 0 Å². The molecule has 0 fully saturated rings. The molecular formula is C10H10ClNO5. The summed E-state index contributed by atoms with van der Waals surface area (Å²) in [5.41, 5.74) is 0.385. The van der Waals surface area contributed by atoms with E-state index in [0.29, 0.717) is 5.56 Å². The van der Waals surface area contributed by atoms with Gasteiger partial charge in [0.05, 0.1) is 16.6 Å². The standard InChI is InChI=1S/C10H10ClNO5/c1-6(10(13)14)17-5-7-2-3-8(12(15)16)4-9(7)11/h2-4,6H,5H2,1H3,(H,13,14)/t6-/m1/s1. The number of carbonyl (C=O) groups is 1. The molecule has 1 atom stereocenters. The molecule has 1 rings (SSSR count). The third kappa shape index (κ3) is 3.69. The van der Waals surface area contributed by atoms with Crippen LogP contribution in [0.1, 0.15) is 12.5 Å². The Bertz CT molecular complexity index is 448. The molecule has 0 saturated carbocycles. The summed E-state index contributed by atoms with van der Waals surface area (Å²) in [6.07, 6.45) is -0.957. The zero-order chi connectivity index (χ0) is 13.0. The summed E-state index contributed by atoms with van der Waals surface area (Å²) in [5.74, 6) is -1.08. The van der Waals surface area contributed by atoms with E-state index in [-0.39, 0.29) is 17.3 Å². The predicted octanol–water partition coefficient (Wildman–Crippen LogP) is 2.24. The van der Waals surface area contributed by atoms with E-state index in [1.165, 1.54) is 25.1 Å². The Kier molecular flexibility index (Phi) is 4.42. The third-order valence-electron chi connectivity index (χ3n) is 2.08. The number of nitrogens with zero attached hydrogens (tertiary/aromatic N) is 1. The fourth-order valence-electron chi connectivity index (χ4n) is 1.05. The number of hydrogen-bond acceptors (Lipinski definition) is 4. The molecule has 0 radical (unpaired) electrons. The average Bonchev–Trinajstić information content (AvgIpc) is 2.26. The van der Waals surface area contributed by atoms with E-state index in [1.807, 2.05) is 0 Å². The average molecular weight is 260 g/mol. The number of benzene rings is 1. The van der Waals surface area contributed by atoms with Crippen LogP contribution in [0.4, 0.5) is 5.69 Å². The molecule has 92 valence electrons. The highest BCUT2D eigenvalue weighted by Crippen LogP contribution is 2.23. The van der Waals surface area contributed by atoms with Crippen LogP contribution >= 0.6 is 11.6 Å². The minimum absolute atomic E-state index is 0.00963. The van der Waals surface area contributed by atoms with Gasteiger partial charge in [-0.25, -0.2) is 4.79 Å². The Balaban J connectivity index is 2.73. The maximum atomic E-state index is 10.5. The van der Waals surface area contributed by atoms with Crippen molar-refractivity contribution in [2.24, 2.45) is 0 Å². The van der Waals surface area contributed by atoms with Crippen molar-refractivity contribution in [2.45, 2.75) is 19.6 Å². The largest absolute Gasteiger partial charge is 0.479 e. The molecule has 0 unspecified atom stereocenters. The molecular weight excluding hydrogens is 250 g/mol. The first-order valence-corrected chi connectivity index (χ1v) is 5.07. The normalized spacial score (nSPS) is 12.1. The van der Waals surface area contributed by atoms with E-state index in [4.69, 9.17) is 21.4 Å². The highest BCUT2D eigenvalue weighted by molar-refractivity contribution is 6.31. The van der Waals surface area contributed by atoms with Crippen LogP contribution in [-0.4, -0.2) is 22.1 Å². The topological polar surface area (TPSA) is 89.7 Å². The van der Waals surface area contributed by atoms with Crippen LogP contribution in [0.2, 0.25) is 5.02 Å². The number of hydrogen-bond donors (Lipinski definition) is 1. The van der Waals surface area contributed by atoms with Gasteiger partial charge in [0.2, 0.25) is 0 Å². The van der Waals surface area contributed by atoms with Crippen molar-refractivity contribution >= 4 is 23.3 Å². The minimum atomic E-state index is -1.08. The zero-order valence-corrected chi connectivity index (χ0v) is 9.68. The predicted molar refractivity (Wildman–Crippen MR) is 60.0 cm³/mol. The van der Waals surface area contributed by atoms with E-state index in [2.05, 4.69) is 0 Å². The summed E-state index contributed by atoms with van der Waals surface area (Å²) < 4.78 is 5.02. The van der Waals surface area contributed by atoms with Crippen molar-refractivity contribution < 1.29 is 19.6 Å². The van der Waals surface area contributed by atoms with Crippen molar-refractivity contribution in [3.05, 3.63) is 38.9 Å². The molecule has 6 nitrogen and oxygen atoms in total. The quantitative estimate of drug-likeness (QED) is 0.647. The number of carboxylic acids is 1. The van der Waals surface area contributed by atoms with E-state index in [9.17, 15) is 14.9 Å². The summed E-state index contributed by atoms with van der Waals surface area (Å²) in [7, 11) is 0. The van der Waals surface area contributed by atoms with Crippen LogP contribution in [0.15, 0.2) is 18.2 Å². The lowest BCUT2D eigenvalue weighted by molar-refractivity contribution is -0.384. The van der Waals surface area contributed by atoms with E-state index >= 15 is 0 Å². The Labute approximate surface area is 102 Å². The van der Waals surface area contributed by atoms with Crippen molar-refractivity contribution in [3.8, 4) is 0 Å². The first-order valence-electron chi connectivity index (χ1n) is 4.69. The maximum Gasteiger partial charge on any atom is 0.332 e. The number of aliphatic carboxylic acids is 1. The number of ether oxygens (including phenoxy) is 1. The molecule has 1 aromatic carbocycles. The Morgan fingerprint density at radius 1 is 1.65 bits per heavy atom. The van der Waals surface area contributed by atoms with Gasteiger partial charge in [-0.3, -0.25) is 10.1 Å². The molecule has 0 amide bonds. The molecule has 0 heterocycles. The Hall–Kier alpha value is -1.66. The second-order valence-corrected chi connectivity index (χ2v) is 3.73. The monoisotopic (exact) mass is 259 g/mol. The highest BCUT2D eigenvalue weighted by Gasteiger charge is 2.13. The fraction of sp³-hybridized carbons (Fsp3) is 0.300. The molecule has 0 bridgehead atoms. The molecule has 0 aliphatic heterocycles. The number of nitro benzene ring substituents is 1. The van der Waals surface area contributed by atoms with E-state index < -0.39 is 17.0 Å². The second-order valence-electron chi connectivity index (χ2n) is 3.32. The van der Waals surface area contributed by atoms with Gasteiger partial charge in [0.25, 0.3) is 5.69 Å². The van der Waals surface area contributed by atoms with Crippen LogP contribution in [0, 0.1) is 10.1 Å². The lowest BCUT2D eigenvalue weighted by atomic mass is 10.2. The number of non-ortho nitro benzene ring substituents is 1. The Morgan fingerprint density at radius 2 is 2.29 bits per heavy atom. The van der Waals surface area contributed by atoms with Crippen LogP contribution in [0.25, 0.3) is 0 Å². The van der Waals surface area contributed by atoms with Gasteiger partial charge < -0.3 is 9.84 Å². The molecule has 1 aromatic rings. The van der Waals surface area contributed by atoms with Crippen molar-refractivity contribution in [1.29, 1.82) is 0 Å². The van der Waals surface area contributed by atoms with Crippen LogP contribution in [0.3, 0.4) is 0 Å². The van der Waals surface area contributed by atoms with E-state index in [1.54, 1.807) is 0 Å². The Morgan fingerprint density at radius 3 is 2.76 bits per heavy atom. The summed E-state index contributed by atoms with van der Waals surface area (Å²) in [6, 6.07) is 3.93. The molecule has 1 N–H and O–H groups in total. The van der Waals surface area contributed by atoms with Gasteiger partial charge in [0.1, 0.15) is 0 Å². The van der Waals surface area contributed by atoms with Gasteiger partial charge in [-0.1, -0.05) is 11.6 Å². The SMILES string of the molecule is C[C@@H](OCc1ccc([N+](=O)[O-])cc1Cl)C(=O)O. The van der Waals surface area contributed by atoms with Gasteiger partial charge in [0, 0.05) is 12.1 Å². The summed E-state index contributed by atoms with van der Waals surface area (Å²) >= 11 is 5.80. The molecule has 0 aliphatic carbocycles. The second kappa shape index (κ2) is 5.60. The van der Waals surface area contributed by atoms with Gasteiger partial charge in [-0.2, -0.15) is 0 Å². The summed E-state index contributed by atoms with van der Waals surface area (Å²) in [6.45, 7) is 1.38. The van der Waals surface area contributed by atoms with E-state index in [0.717, 1.165) is 0 Å². The fourth-order valence-corrected chi connectivity index (χ4v) is 1.28. The van der Waals surface area contributed by atoms with Gasteiger partial charge >= 0.3 is 5.97 Å². The summed E-state index contributed by atoms with van der Waals surface area (Å²) in [4.78, 5) is 20.4. The smallest absolute Gasteiger partial charge is 0.332 e. The first-order chi connectivity index (χ1) is 7.91. The molecule has 0 saturated heterocycles. The summed E-state index contributed by atoms with van der Waals surface area (Å²) in [5, 5.41) is 19.2. The number of nitro groups is 1. The molecule has 0 aliphatic rings. The van der Waals surface area contributed by atoms with Gasteiger partial charge in [-0.15, -0.1) is 0 Å². The van der Waals surface area contributed by atoms with Crippen LogP contribution in [-0.2, 0) is 16.1 Å². The van der Waals surface area contributed by atoms with Gasteiger partial charge in [-0.05, 0) is 18.6 Å². The number of halogens is 1. The van der Waals surface area contributed by atoms with Crippen LogP contribution in [0.5, 0.6) is 0 Å². The van der Waals surface area contributed by atoms with Crippen molar-refractivity contribution in [2.75, 3.05) is 0 Å². The van der Waals surface area contributed by atoms with Crippen molar-refractivity contribution in [3.63, 3.8) is 0 Å². The molecule has 0 aromatic heterocycles. The maximum absolute atomic E-state index is 10.5. The first kappa shape index (κ1) is 13.4. The minimum Gasteiger partial charge on any atom is -0.479 e. The molecule has 7 heteroatoms. The van der Waals surface area contributed by atoms with Crippen molar-refractivity contribution in [1.82, 2.24) is 0 Å². The number of carboxylic acid groups (broad SMARTS) is 1. The van der Waals surface area contributed by atoms with Gasteiger partial charge in [0.15, 0.2) is 6.10 Å². The molecule has 0 spiro atoms. The lowest BCUT2D eigenvalue weighted by Gasteiger charge is -2.09. The number of rotatable bonds is 5. The zero-order valence-electron chi connectivity index (χ0n) is 8.92. The molecule has 17 heavy (non-hydrogen) atoms. The lowest BCUT2D eigenvalue weighted by Crippen LogP contribution is -2.19. The third-order valence-corrected chi connectivity index (χ3v) is 2.44.